The van der Waals surface area contributed by atoms with Crippen LogP contribution >= 0.6 is 0 Å². The summed E-state index contributed by atoms with van der Waals surface area (Å²) in [5.74, 6) is 0. The Hall–Kier alpha value is -2.54. The number of nitrogens with zero attached hydrogens (tertiary/aromatic N) is 1. The average Bonchev–Trinajstić information content (AvgIpc) is 2.83. The highest BCUT2D eigenvalue weighted by atomic mass is 14.9. The van der Waals surface area contributed by atoms with Gasteiger partial charge in [0.05, 0.1) is 11.2 Å². The van der Waals surface area contributed by atoms with Crippen LogP contribution in [0.25, 0.3) is 27.5 Å². The van der Waals surface area contributed by atoms with Crippen LogP contribution in [0, 0.1) is 6.92 Å². The SMILES string of the molecule is Cc1ccc(-c2c3ccccc3c3ccccn23)cc1. The Kier molecular flexibility index (Phi) is 2.40. The van der Waals surface area contributed by atoms with Crippen molar-refractivity contribution in [3.63, 3.8) is 0 Å². The monoisotopic (exact) mass is 257 g/mol. The average molecular weight is 257 g/mol. The minimum absolute atomic E-state index is 1.26. The van der Waals surface area contributed by atoms with Crippen molar-refractivity contribution >= 4 is 16.3 Å². The zero-order chi connectivity index (χ0) is 13.5. The second-order valence-corrected chi connectivity index (χ2v) is 5.22. The molecule has 0 radical (unpaired) electrons. The van der Waals surface area contributed by atoms with Crippen molar-refractivity contribution in [2.75, 3.05) is 0 Å². The second-order valence-electron chi connectivity index (χ2n) is 5.22. The molecule has 2 heterocycles. The summed E-state index contributed by atoms with van der Waals surface area (Å²) in [5.41, 5.74) is 5.09. The number of rotatable bonds is 1. The van der Waals surface area contributed by atoms with E-state index in [1.165, 1.54) is 33.1 Å². The maximum absolute atomic E-state index is 2.29. The lowest BCUT2D eigenvalue weighted by atomic mass is 10.1. The van der Waals surface area contributed by atoms with Gasteiger partial charge < -0.3 is 4.40 Å². The molecule has 0 atom stereocenters. The van der Waals surface area contributed by atoms with Crippen molar-refractivity contribution in [1.29, 1.82) is 0 Å². The van der Waals surface area contributed by atoms with E-state index in [1.54, 1.807) is 0 Å². The van der Waals surface area contributed by atoms with Gasteiger partial charge in [-0.2, -0.15) is 0 Å². The Morgan fingerprint density at radius 2 is 1.40 bits per heavy atom. The first kappa shape index (κ1) is 11.3. The molecule has 2 aromatic heterocycles. The van der Waals surface area contributed by atoms with Gasteiger partial charge in [-0.25, -0.2) is 0 Å². The number of benzene rings is 2. The number of fused-ring (bicyclic) bond motifs is 3. The summed E-state index contributed by atoms with van der Waals surface area (Å²) < 4.78 is 2.29. The standard InChI is InChI=1S/C19H15N/c1-14-9-11-15(12-10-14)19-17-7-3-2-6-16(17)18-8-4-5-13-20(18)19/h2-13H,1H3. The maximum Gasteiger partial charge on any atom is 0.0607 e. The first-order valence-corrected chi connectivity index (χ1v) is 6.89. The molecule has 0 fully saturated rings. The molecule has 0 aliphatic rings. The van der Waals surface area contributed by atoms with Gasteiger partial charge in [0.2, 0.25) is 0 Å². The largest absolute Gasteiger partial charge is 0.315 e. The van der Waals surface area contributed by atoms with Crippen LogP contribution in [0.2, 0.25) is 0 Å². The van der Waals surface area contributed by atoms with E-state index in [2.05, 4.69) is 84.3 Å². The fourth-order valence-electron chi connectivity index (χ4n) is 2.91. The van der Waals surface area contributed by atoms with Crippen LogP contribution in [-0.4, -0.2) is 4.40 Å². The van der Waals surface area contributed by atoms with E-state index < -0.39 is 0 Å². The molecule has 0 saturated heterocycles. The Labute approximate surface area is 118 Å². The number of pyridine rings is 1. The molecule has 1 heteroatoms. The van der Waals surface area contributed by atoms with Crippen molar-refractivity contribution in [1.82, 2.24) is 4.40 Å². The van der Waals surface area contributed by atoms with Crippen molar-refractivity contribution in [3.8, 4) is 11.3 Å². The zero-order valence-electron chi connectivity index (χ0n) is 11.4. The van der Waals surface area contributed by atoms with Gasteiger partial charge in [-0.05, 0) is 24.6 Å². The minimum Gasteiger partial charge on any atom is -0.315 e. The molecule has 20 heavy (non-hydrogen) atoms. The Bertz CT molecular complexity index is 845. The molecule has 4 aromatic rings. The Balaban J connectivity index is 2.17. The van der Waals surface area contributed by atoms with Crippen LogP contribution in [0.4, 0.5) is 0 Å². The third-order valence-electron chi connectivity index (χ3n) is 3.88. The van der Waals surface area contributed by atoms with Crippen molar-refractivity contribution < 1.29 is 0 Å². The molecule has 2 aromatic carbocycles. The van der Waals surface area contributed by atoms with Gasteiger partial charge in [0.15, 0.2) is 0 Å². The Morgan fingerprint density at radius 3 is 2.20 bits per heavy atom. The predicted octanol–water partition coefficient (Wildman–Crippen LogP) is 5.07. The van der Waals surface area contributed by atoms with E-state index in [1.807, 2.05) is 0 Å². The number of hydrogen-bond donors (Lipinski definition) is 0. The van der Waals surface area contributed by atoms with E-state index in [0.29, 0.717) is 0 Å². The Morgan fingerprint density at radius 1 is 0.700 bits per heavy atom. The van der Waals surface area contributed by atoms with Crippen molar-refractivity contribution in [3.05, 3.63) is 78.5 Å². The molecule has 0 bridgehead atoms. The van der Waals surface area contributed by atoms with E-state index in [9.17, 15) is 0 Å². The fraction of sp³-hybridized carbons (Fsp3) is 0.0526. The van der Waals surface area contributed by atoms with Crippen LogP contribution in [0.3, 0.4) is 0 Å². The summed E-state index contributed by atoms with van der Waals surface area (Å²) in [6.07, 6.45) is 2.14. The summed E-state index contributed by atoms with van der Waals surface area (Å²) in [6, 6.07) is 23.7. The number of hydrogen-bond acceptors (Lipinski definition) is 0. The van der Waals surface area contributed by atoms with Gasteiger partial charge in [0.1, 0.15) is 0 Å². The van der Waals surface area contributed by atoms with Gasteiger partial charge in [0.25, 0.3) is 0 Å². The highest BCUT2D eigenvalue weighted by Crippen LogP contribution is 2.33. The van der Waals surface area contributed by atoms with Gasteiger partial charge in [-0.15, -0.1) is 0 Å². The molecular formula is C19H15N. The molecule has 96 valence electrons. The summed E-state index contributed by atoms with van der Waals surface area (Å²) in [4.78, 5) is 0. The van der Waals surface area contributed by atoms with Gasteiger partial charge in [-0.1, -0.05) is 60.2 Å². The highest BCUT2D eigenvalue weighted by Gasteiger charge is 2.11. The molecule has 0 aliphatic heterocycles. The van der Waals surface area contributed by atoms with Crippen molar-refractivity contribution in [2.45, 2.75) is 6.92 Å². The van der Waals surface area contributed by atoms with Crippen LogP contribution in [0.15, 0.2) is 72.9 Å². The van der Waals surface area contributed by atoms with E-state index in [4.69, 9.17) is 0 Å². The molecule has 0 aliphatic carbocycles. The van der Waals surface area contributed by atoms with Gasteiger partial charge in [0, 0.05) is 17.0 Å². The number of aryl methyl sites for hydroxylation is 1. The fourth-order valence-corrected chi connectivity index (χ4v) is 2.91. The van der Waals surface area contributed by atoms with Gasteiger partial charge >= 0.3 is 0 Å². The molecular weight excluding hydrogens is 242 g/mol. The van der Waals surface area contributed by atoms with Crippen LogP contribution in [-0.2, 0) is 0 Å². The van der Waals surface area contributed by atoms with Crippen molar-refractivity contribution in [2.24, 2.45) is 0 Å². The molecule has 0 unspecified atom stereocenters. The summed E-state index contributed by atoms with van der Waals surface area (Å²) in [5, 5.41) is 2.62. The molecule has 0 spiro atoms. The summed E-state index contributed by atoms with van der Waals surface area (Å²) in [7, 11) is 0. The smallest absolute Gasteiger partial charge is 0.0607 e. The lowest BCUT2D eigenvalue weighted by molar-refractivity contribution is 1.21. The molecule has 1 nitrogen and oxygen atoms in total. The molecule has 0 amide bonds. The first-order valence-electron chi connectivity index (χ1n) is 6.89. The van der Waals surface area contributed by atoms with E-state index in [0.717, 1.165) is 0 Å². The summed E-state index contributed by atoms with van der Waals surface area (Å²) >= 11 is 0. The predicted molar refractivity (Wildman–Crippen MR) is 85.1 cm³/mol. The van der Waals surface area contributed by atoms with Crippen LogP contribution < -0.4 is 0 Å². The van der Waals surface area contributed by atoms with Crippen LogP contribution in [0.5, 0.6) is 0 Å². The topological polar surface area (TPSA) is 4.41 Å². The normalized spacial score (nSPS) is 11.2. The lowest BCUT2D eigenvalue weighted by Gasteiger charge is -2.04. The summed E-state index contributed by atoms with van der Waals surface area (Å²) in [6.45, 7) is 2.12. The van der Waals surface area contributed by atoms with E-state index in [-0.39, 0.29) is 0 Å². The third kappa shape index (κ3) is 1.56. The highest BCUT2D eigenvalue weighted by molar-refractivity contribution is 6.06. The second kappa shape index (κ2) is 4.24. The maximum atomic E-state index is 2.29. The molecule has 4 rings (SSSR count). The minimum atomic E-state index is 1.26. The van der Waals surface area contributed by atoms with Crippen LogP contribution in [0.1, 0.15) is 5.56 Å². The number of aromatic nitrogens is 1. The quantitative estimate of drug-likeness (QED) is 0.448. The van der Waals surface area contributed by atoms with Gasteiger partial charge in [-0.3, -0.25) is 0 Å². The lowest BCUT2D eigenvalue weighted by Crippen LogP contribution is -1.87. The molecule has 0 N–H and O–H groups in total. The third-order valence-corrected chi connectivity index (χ3v) is 3.88. The molecule has 0 saturated carbocycles. The zero-order valence-corrected chi connectivity index (χ0v) is 11.4. The first-order chi connectivity index (χ1) is 9.84. The van der Waals surface area contributed by atoms with E-state index >= 15 is 0 Å².